The SMILES string of the molecule is [CH2]c1ccc(NC(=O)C(CCCC)N(C(=O)CN(C(=O)CN)C(=O)C(=C)C)C(=O)C2CCCN2)cc1. The minimum atomic E-state index is -1.14. The highest BCUT2D eigenvalue weighted by Gasteiger charge is 2.40. The molecule has 1 radical (unpaired) electrons. The van der Waals surface area contributed by atoms with E-state index in [1.165, 1.54) is 6.92 Å². The molecular weight excluding hydrogens is 462 g/mol. The molecule has 1 heterocycles. The topological polar surface area (TPSA) is 142 Å². The number of amides is 5. The van der Waals surface area contributed by atoms with Crippen LogP contribution in [0.3, 0.4) is 0 Å². The summed E-state index contributed by atoms with van der Waals surface area (Å²) in [4.78, 5) is 67.1. The maximum atomic E-state index is 13.6. The molecule has 2 unspecified atom stereocenters. The van der Waals surface area contributed by atoms with Gasteiger partial charge in [-0.1, -0.05) is 38.5 Å². The Morgan fingerprint density at radius 1 is 1.17 bits per heavy atom. The lowest BCUT2D eigenvalue weighted by atomic mass is 10.0. The van der Waals surface area contributed by atoms with Crippen LogP contribution in [0.4, 0.5) is 5.69 Å². The van der Waals surface area contributed by atoms with Crippen molar-refractivity contribution in [2.24, 2.45) is 5.73 Å². The summed E-state index contributed by atoms with van der Waals surface area (Å²) in [5.41, 5.74) is 6.74. The Bertz CT molecular complexity index is 985. The second-order valence-corrected chi connectivity index (χ2v) is 8.86. The molecule has 0 bridgehead atoms. The molecule has 36 heavy (non-hydrogen) atoms. The molecule has 10 nitrogen and oxygen atoms in total. The van der Waals surface area contributed by atoms with Gasteiger partial charge in [0.15, 0.2) is 0 Å². The highest BCUT2D eigenvalue weighted by Crippen LogP contribution is 2.19. The van der Waals surface area contributed by atoms with Crippen molar-refractivity contribution in [3.63, 3.8) is 0 Å². The summed E-state index contributed by atoms with van der Waals surface area (Å²) in [5, 5.41) is 5.83. The van der Waals surface area contributed by atoms with Gasteiger partial charge < -0.3 is 16.4 Å². The monoisotopic (exact) mass is 498 g/mol. The fourth-order valence-corrected chi connectivity index (χ4v) is 3.93. The highest BCUT2D eigenvalue weighted by atomic mass is 16.2. The van der Waals surface area contributed by atoms with Crippen molar-refractivity contribution in [2.75, 3.05) is 25.0 Å². The van der Waals surface area contributed by atoms with Crippen LogP contribution in [-0.4, -0.2) is 71.1 Å². The number of carbonyl (C=O) groups is 5. The summed E-state index contributed by atoms with van der Waals surface area (Å²) in [6.45, 7) is 10.1. The van der Waals surface area contributed by atoms with E-state index in [0.717, 1.165) is 23.3 Å². The Labute approximate surface area is 212 Å². The van der Waals surface area contributed by atoms with Crippen molar-refractivity contribution in [1.82, 2.24) is 15.1 Å². The van der Waals surface area contributed by atoms with E-state index in [9.17, 15) is 24.0 Å². The van der Waals surface area contributed by atoms with E-state index >= 15 is 0 Å². The van der Waals surface area contributed by atoms with Gasteiger partial charge in [-0.3, -0.25) is 33.8 Å². The number of hydrogen-bond acceptors (Lipinski definition) is 7. The fourth-order valence-electron chi connectivity index (χ4n) is 3.93. The molecule has 195 valence electrons. The van der Waals surface area contributed by atoms with Crippen LogP contribution < -0.4 is 16.4 Å². The van der Waals surface area contributed by atoms with E-state index in [-0.39, 0.29) is 12.0 Å². The van der Waals surface area contributed by atoms with Gasteiger partial charge in [0, 0.05) is 11.3 Å². The molecule has 1 saturated heterocycles. The summed E-state index contributed by atoms with van der Waals surface area (Å²) >= 11 is 0. The summed E-state index contributed by atoms with van der Waals surface area (Å²) in [6.07, 6.45) is 2.77. The molecule has 1 aromatic rings. The molecule has 0 aromatic heterocycles. The van der Waals surface area contributed by atoms with Crippen LogP contribution in [-0.2, 0) is 24.0 Å². The standard InChI is InChI=1S/C26H36N5O5/c1-5-6-9-21(24(34)29-19-12-10-18(4)11-13-19)31(26(36)20-8-7-14-28-20)23(33)16-30(22(32)15-27)25(35)17(2)3/h10-13,20-21,28H,2,4-9,14-16,27H2,1,3H3,(H,29,34). The summed E-state index contributed by atoms with van der Waals surface area (Å²) in [7, 11) is 0. The van der Waals surface area contributed by atoms with Crippen molar-refractivity contribution in [3.8, 4) is 0 Å². The molecule has 0 spiro atoms. The number of rotatable bonds is 11. The van der Waals surface area contributed by atoms with Gasteiger partial charge >= 0.3 is 0 Å². The first-order valence-corrected chi connectivity index (χ1v) is 12.1. The molecule has 1 aliphatic rings. The summed E-state index contributed by atoms with van der Waals surface area (Å²) < 4.78 is 0. The van der Waals surface area contributed by atoms with E-state index < -0.39 is 54.7 Å². The number of nitrogens with two attached hydrogens (primary N) is 1. The lowest BCUT2D eigenvalue weighted by molar-refractivity contribution is -0.156. The van der Waals surface area contributed by atoms with E-state index in [1.54, 1.807) is 24.3 Å². The van der Waals surface area contributed by atoms with E-state index in [0.29, 0.717) is 30.0 Å². The van der Waals surface area contributed by atoms with Crippen LogP contribution in [0.15, 0.2) is 36.4 Å². The molecule has 1 fully saturated rings. The number of benzene rings is 1. The maximum absolute atomic E-state index is 13.6. The Balaban J connectivity index is 2.43. The lowest BCUT2D eigenvalue weighted by Gasteiger charge is -2.33. The molecule has 2 atom stereocenters. The fraction of sp³-hybridized carbons (Fsp3) is 0.462. The van der Waals surface area contributed by atoms with Gasteiger partial charge in [0.2, 0.25) is 23.6 Å². The average molecular weight is 499 g/mol. The van der Waals surface area contributed by atoms with Crippen LogP contribution in [0, 0.1) is 6.92 Å². The molecule has 1 aromatic carbocycles. The van der Waals surface area contributed by atoms with Gasteiger partial charge in [0.25, 0.3) is 5.91 Å². The first-order valence-electron chi connectivity index (χ1n) is 12.1. The molecule has 0 saturated carbocycles. The average Bonchev–Trinajstić information content (AvgIpc) is 3.40. The molecule has 5 amide bonds. The number of anilines is 1. The largest absolute Gasteiger partial charge is 0.324 e. The van der Waals surface area contributed by atoms with Gasteiger partial charge in [0.1, 0.15) is 12.6 Å². The minimum absolute atomic E-state index is 0.0362. The Morgan fingerprint density at radius 2 is 1.83 bits per heavy atom. The third-order valence-electron chi connectivity index (χ3n) is 5.91. The highest BCUT2D eigenvalue weighted by molar-refractivity contribution is 6.10. The number of nitrogens with zero attached hydrogens (tertiary/aromatic N) is 2. The number of hydrogen-bond donors (Lipinski definition) is 3. The van der Waals surface area contributed by atoms with Gasteiger partial charge in [-0.15, -0.1) is 0 Å². The van der Waals surface area contributed by atoms with E-state index in [1.807, 2.05) is 6.92 Å². The van der Waals surface area contributed by atoms with Crippen molar-refractivity contribution in [1.29, 1.82) is 0 Å². The summed E-state index contributed by atoms with van der Waals surface area (Å²) in [6, 6.07) is 5.03. The Morgan fingerprint density at radius 3 is 2.36 bits per heavy atom. The van der Waals surface area contributed by atoms with Crippen molar-refractivity contribution in [2.45, 2.75) is 58.0 Å². The van der Waals surface area contributed by atoms with Crippen molar-refractivity contribution in [3.05, 3.63) is 48.9 Å². The zero-order valence-corrected chi connectivity index (χ0v) is 21.0. The van der Waals surface area contributed by atoms with Gasteiger partial charge in [0.05, 0.1) is 12.6 Å². The zero-order valence-electron chi connectivity index (χ0n) is 21.0. The Hall–Kier alpha value is -3.37. The second-order valence-electron chi connectivity index (χ2n) is 8.86. The number of imide groups is 2. The molecule has 0 aliphatic carbocycles. The zero-order chi connectivity index (χ0) is 26.8. The molecule has 1 aliphatic heterocycles. The maximum Gasteiger partial charge on any atom is 0.256 e. The van der Waals surface area contributed by atoms with Crippen LogP contribution >= 0.6 is 0 Å². The van der Waals surface area contributed by atoms with Crippen molar-refractivity contribution < 1.29 is 24.0 Å². The number of unbranched alkanes of at least 4 members (excludes halogenated alkanes) is 1. The lowest BCUT2D eigenvalue weighted by Crippen LogP contribution is -2.58. The van der Waals surface area contributed by atoms with Crippen LogP contribution in [0.1, 0.15) is 51.5 Å². The number of carbonyl (C=O) groups excluding carboxylic acids is 5. The predicted octanol–water partition coefficient (Wildman–Crippen LogP) is 1.36. The molecule has 10 heteroatoms. The van der Waals surface area contributed by atoms with Gasteiger partial charge in [-0.05, 0) is 57.4 Å². The van der Waals surface area contributed by atoms with E-state index in [2.05, 4.69) is 24.1 Å². The van der Waals surface area contributed by atoms with Crippen LogP contribution in [0.2, 0.25) is 0 Å². The van der Waals surface area contributed by atoms with Gasteiger partial charge in [-0.2, -0.15) is 0 Å². The molecule has 4 N–H and O–H groups in total. The normalized spacial score (nSPS) is 15.6. The second kappa shape index (κ2) is 13.6. The third-order valence-corrected chi connectivity index (χ3v) is 5.91. The van der Waals surface area contributed by atoms with Crippen LogP contribution in [0.5, 0.6) is 0 Å². The quantitative estimate of drug-likeness (QED) is 0.391. The third kappa shape index (κ3) is 7.56. The van der Waals surface area contributed by atoms with Gasteiger partial charge in [-0.25, -0.2) is 0 Å². The minimum Gasteiger partial charge on any atom is -0.324 e. The smallest absolute Gasteiger partial charge is 0.256 e. The number of nitrogens with one attached hydrogen (secondary N) is 2. The van der Waals surface area contributed by atoms with E-state index in [4.69, 9.17) is 5.73 Å². The first-order chi connectivity index (χ1) is 17.1. The summed E-state index contributed by atoms with van der Waals surface area (Å²) in [5.74, 6) is -3.50. The predicted molar refractivity (Wildman–Crippen MR) is 136 cm³/mol. The molecule has 2 rings (SSSR count). The first kappa shape index (κ1) is 28.9. The van der Waals surface area contributed by atoms with Crippen molar-refractivity contribution >= 4 is 35.2 Å². The van der Waals surface area contributed by atoms with Crippen LogP contribution in [0.25, 0.3) is 0 Å². The Kier molecular flexibility index (Phi) is 10.9. The molecular formula is C26H36N5O5.